The fraction of sp³-hybridized carbons (Fsp3) is 0.500. The number of ether oxygens (including phenoxy) is 1. The van der Waals surface area contributed by atoms with Crippen molar-refractivity contribution in [3.8, 4) is 5.75 Å². The fourth-order valence-electron chi connectivity index (χ4n) is 2.89. The van der Waals surface area contributed by atoms with Crippen LogP contribution in [0.2, 0.25) is 0 Å². The van der Waals surface area contributed by atoms with Crippen molar-refractivity contribution in [1.82, 2.24) is 0 Å². The van der Waals surface area contributed by atoms with Crippen LogP contribution in [0.5, 0.6) is 5.75 Å². The van der Waals surface area contributed by atoms with Crippen molar-refractivity contribution in [1.29, 1.82) is 0 Å². The quantitative estimate of drug-likeness (QED) is 0.783. The molecule has 0 saturated heterocycles. The van der Waals surface area contributed by atoms with E-state index in [0.29, 0.717) is 5.92 Å². The van der Waals surface area contributed by atoms with Crippen molar-refractivity contribution in [3.05, 3.63) is 29.8 Å². The Balaban J connectivity index is 1.92. The van der Waals surface area contributed by atoms with Gasteiger partial charge in [-0.3, -0.25) is 0 Å². The van der Waals surface area contributed by atoms with Crippen molar-refractivity contribution in [3.63, 3.8) is 0 Å². The molecule has 1 heterocycles. The zero-order valence-corrected chi connectivity index (χ0v) is 10.7. The van der Waals surface area contributed by atoms with E-state index < -0.39 is 0 Å². The Kier molecular flexibility index (Phi) is 1.90. The lowest BCUT2D eigenvalue weighted by molar-refractivity contribution is 0.0323. The number of fused-ring (bicyclic) bond motifs is 1. The predicted octanol–water partition coefficient (Wildman–Crippen LogP) is 2.84. The van der Waals surface area contributed by atoms with Crippen LogP contribution in [0.1, 0.15) is 26.3 Å². The van der Waals surface area contributed by atoms with Crippen molar-refractivity contribution >= 4 is 5.71 Å². The second-order valence-electron chi connectivity index (χ2n) is 5.56. The molecule has 1 aromatic rings. The van der Waals surface area contributed by atoms with Crippen LogP contribution in [0.25, 0.3) is 0 Å². The van der Waals surface area contributed by atoms with Gasteiger partial charge in [0.1, 0.15) is 11.4 Å². The van der Waals surface area contributed by atoms with E-state index in [2.05, 4.69) is 25.9 Å². The van der Waals surface area contributed by atoms with Gasteiger partial charge < -0.3 is 9.57 Å². The lowest BCUT2D eigenvalue weighted by Gasteiger charge is -2.12. The third-order valence-electron chi connectivity index (χ3n) is 4.46. The highest BCUT2D eigenvalue weighted by molar-refractivity contribution is 6.06. The second-order valence-corrected chi connectivity index (χ2v) is 5.56. The molecule has 1 aliphatic heterocycles. The van der Waals surface area contributed by atoms with Gasteiger partial charge in [0.15, 0.2) is 0 Å². The first-order valence-corrected chi connectivity index (χ1v) is 5.91. The van der Waals surface area contributed by atoms with Gasteiger partial charge in [-0.15, -0.1) is 0 Å². The van der Waals surface area contributed by atoms with Crippen LogP contribution in [0.3, 0.4) is 0 Å². The monoisotopic (exact) mass is 231 g/mol. The van der Waals surface area contributed by atoms with Crippen molar-refractivity contribution in [2.24, 2.45) is 16.5 Å². The highest BCUT2D eigenvalue weighted by atomic mass is 16.7. The molecular weight excluding hydrogens is 214 g/mol. The smallest absolute Gasteiger partial charge is 0.149 e. The lowest BCUT2D eigenvalue weighted by Crippen LogP contribution is -2.12. The van der Waals surface area contributed by atoms with Crippen molar-refractivity contribution in [2.75, 3.05) is 7.11 Å². The van der Waals surface area contributed by atoms with Gasteiger partial charge in [0, 0.05) is 11.0 Å². The maximum absolute atomic E-state index is 5.61. The maximum Gasteiger partial charge on any atom is 0.149 e. The minimum Gasteiger partial charge on any atom is -0.497 e. The molecule has 3 nitrogen and oxygen atoms in total. The molecule has 0 bridgehead atoms. The molecule has 1 unspecified atom stereocenters. The summed E-state index contributed by atoms with van der Waals surface area (Å²) in [4.78, 5) is 5.61. The lowest BCUT2D eigenvalue weighted by atomic mass is 10.0. The first kappa shape index (κ1) is 10.6. The van der Waals surface area contributed by atoms with E-state index in [4.69, 9.17) is 9.57 Å². The number of hydrogen-bond acceptors (Lipinski definition) is 3. The van der Waals surface area contributed by atoms with Crippen LogP contribution in [0.15, 0.2) is 29.4 Å². The third-order valence-corrected chi connectivity index (χ3v) is 4.46. The topological polar surface area (TPSA) is 30.8 Å². The van der Waals surface area contributed by atoms with E-state index in [-0.39, 0.29) is 11.0 Å². The Morgan fingerprint density at radius 1 is 1.18 bits per heavy atom. The van der Waals surface area contributed by atoms with Gasteiger partial charge in [-0.1, -0.05) is 19.0 Å². The minimum absolute atomic E-state index is 0.109. The predicted molar refractivity (Wildman–Crippen MR) is 66.3 cm³/mol. The number of nitrogens with zero attached hydrogens (tertiary/aromatic N) is 1. The zero-order chi connectivity index (χ0) is 12.3. The highest BCUT2D eigenvalue weighted by Crippen LogP contribution is 2.67. The number of oxime groups is 1. The molecule has 3 rings (SSSR count). The number of benzene rings is 1. The van der Waals surface area contributed by atoms with Gasteiger partial charge in [0.2, 0.25) is 0 Å². The Morgan fingerprint density at radius 2 is 1.82 bits per heavy atom. The average Bonchev–Trinajstić information content (AvgIpc) is 2.64. The van der Waals surface area contributed by atoms with E-state index in [0.717, 1.165) is 17.0 Å². The summed E-state index contributed by atoms with van der Waals surface area (Å²) in [6, 6.07) is 8.01. The summed E-state index contributed by atoms with van der Waals surface area (Å²) in [5.41, 5.74) is 2.27. The van der Waals surface area contributed by atoms with Crippen LogP contribution in [-0.4, -0.2) is 18.4 Å². The van der Waals surface area contributed by atoms with E-state index in [1.54, 1.807) is 7.11 Å². The summed E-state index contributed by atoms with van der Waals surface area (Å²) < 4.78 is 5.16. The molecule has 0 N–H and O–H groups in total. The Morgan fingerprint density at radius 3 is 2.29 bits per heavy atom. The van der Waals surface area contributed by atoms with E-state index >= 15 is 0 Å². The fourth-order valence-corrected chi connectivity index (χ4v) is 2.89. The molecule has 1 aliphatic carbocycles. The van der Waals surface area contributed by atoms with Crippen molar-refractivity contribution in [2.45, 2.75) is 26.4 Å². The second kappa shape index (κ2) is 3.03. The van der Waals surface area contributed by atoms with E-state index in [9.17, 15) is 0 Å². The maximum atomic E-state index is 5.61. The first-order valence-electron chi connectivity index (χ1n) is 5.91. The molecule has 3 heteroatoms. The summed E-state index contributed by atoms with van der Waals surface area (Å²) in [7, 11) is 1.67. The van der Waals surface area contributed by atoms with Gasteiger partial charge in [-0.2, -0.15) is 0 Å². The molecule has 1 saturated carbocycles. The molecule has 1 aromatic carbocycles. The molecule has 0 spiro atoms. The van der Waals surface area contributed by atoms with Crippen LogP contribution >= 0.6 is 0 Å². The van der Waals surface area contributed by atoms with Gasteiger partial charge >= 0.3 is 0 Å². The molecule has 2 atom stereocenters. The van der Waals surface area contributed by atoms with E-state index in [1.807, 2.05) is 24.3 Å². The number of rotatable bonds is 2. The summed E-state index contributed by atoms with van der Waals surface area (Å²) in [6.45, 7) is 6.60. The average molecular weight is 231 g/mol. The van der Waals surface area contributed by atoms with Crippen LogP contribution in [0, 0.1) is 11.3 Å². The van der Waals surface area contributed by atoms with Crippen LogP contribution < -0.4 is 4.74 Å². The molecule has 1 fully saturated rings. The number of methoxy groups -OCH3 is 1. The third kappa shape index (κ3) is 1.20. The normalized spacial score (nSPS) is 32.5. The van der Waals surface area contributed by atoms with E-state index in [1.165, 1.54) is 0 Å². The molecule has 90 valence electrons. The minimum atomic E-state index is -0.109. The van der Waals surface area contributed by atoms with Gasteiger partial charge in [-0.05, 0) is 31.2 Å². The molecular formula is C14H17NO2. The number of hydrogen-bond donors (Lipinski definition) is 0. The Bertz CT molecular complexity index is 489. The molecule has 0 amide bonds. The van der Waals surface area contributed by atoms with Gasteiger partial charge in [0.05, 0.1) is 18.7 Å². The standard InChI is InChI=1S/C14H17NO2/c1-13(2)12-11(15-17-14(12,13)3)9-5-7-10(16-4)8-6-9/h5-8,12H,1-4H3/t12-,14?/m1/s1. The first-order chi connectivity index (χ1) is 8.00. The molecule has 0 radical (unpaired) electrons. The molecule has 2 aliphatic rings. The van der Waals surface area contributed by atoms with Crippen LogP contribution in [0.4, 0.5) is 0 Å². The zero-order valence-electron chi connectivity index (χ0n) is 10.7. The largest absolute Gasteiger partial charge is 0.497 e. The Hall–Kier alpha value is -1.51. The van der Waals surface area contributed by atoms with Gasteiger partial charge in [-0.25, -0.2) is 0 Å². The summed E-state index contributed by atoms with van der Waals surface area (Å²) in [5.74, 6) is 1.27. The summed E-state index contributed by atoms with van der Waals surface area (Å²) in [6.07, 6.45) is 0. The summed E-state index contributed by atoms with van der Waals surface area (Å²) in [5, 5.41) is 4.24. The SMILES string of the molecule is COc1ccc(C2=NOC3(C)[C@H]2C3(C)C)cc1. The van der Waals surface area contributed by atoms with Crippen LogP contribution in [-0.2, 0) is 4.84 Å². The van der Waals surface area contributed by atoms with Crippen molar-refractivity contribution < 1.29 is 9.57 Å². The highest BCUT2D eigenvalue weighted by Gasteiger charge is 2.76. The molecule has 17 heavy (non-hydrogen) atoms. The molecule has 0 aromatic heterocycles. The summed E-state index contributed by atoms with van der Waals surface area (Å²) >= 11 is 0. The van der Waals surface area contributed by atoms with Gasteiger partial charge in [0.25, 0.3) is 0 Å². The Labute approximate surface area is 101 Å².